The molecule has 0 aromatic carbocycles. The zero-order valence-corrected chi connectivity index (χ0v) is 5.53. The molecule has 0 saturated heterocycles. The zero-order valence-electron chi connectivity index (χ0n) is 4.77. The van der Waals surface area contributed by atoms with Gasteiger partial charge in [-0.2, -0.15) is 5.48 Å². The number of rotatable bonds is 3. The number of carbonyl (C=O) groups excluding carboxylic acids is 1. The van der Waals surface area contributed by atoms with Crippen LogP contribution in [0.3, 0.4) is 0 Å². The Balaban J connectivity index is 3.32. The van der Waals surface area contributed by atoms with Crippen molar-refractivity contribution in [2.45, 2.75) is 13.0 Å². The van der Waals surface area contributed by atoms with Crippen LogP contribution in [0, 0.1) is 0 Å². The highest BCUT2D eigenvalue weighted by Gasteiger charge is 2.06. The molecule has 0 aromatic heterocycles. The maximum atomic E-state index is 10.2. The molecule has 3 nitrogen and oxygen atoms in total. The molecule has 0 aliphatic carbocycles. The highest BCUT2D eigenvalue weighted by Crippen LogP contribution is 1.87. The number of nitrogens with one attached hydrogen (secondary N) is 1. The van der Waals surface area contributed by atoms with E-state index in [1.807, 2.05) is 0 Å². The zero-order chi connectivity index (χ0) is 6.57. The Morgan fingerprint density at radius 3 is 2.50 bits per heavy atom. The number of hydrogen-bond donors (Lipinski definition) is 1. The van der Waals surface area contributed by atoms with Gasteiger partial charge in [0.2, 0.25) is 5.24 Å². The van der Waals surface area contributed by atoms with Crippen LogP contribution in [0.25, 0.3) is 0 Å². The molecule has 0 fully saturated rings. The molecule has 0 spiro atoms. The minimum Gasteiger partial charge on any atom is -0.304 e. The van der Waals surface area contributed by atoms with Crippen LogP contribution in [0.1, 0.15) is 6.92 Å². The lowest BCUT2D eigenvalue weighted by Crippen LogP contribution is -2.29. The number of hydrogen-bond acceptors (Lipinski definition) is 3. The Morgan fingerprint density at radius 2 is 2.38 bits per heavy atom. The monoisotopic (exact) mass is 137 g/mol. The molecule has 1 N–H and O–H groups in total. The van der Waals surface area contributed by atoms with E-state index in [2.05, 4.69) is 10.3 Å². The minimum atomic E-state index is -0.452. The summed E-state index contributed by atoms with van der Waals surface area (Å²) in [6.07, 6.45) is 0. The third-order valence-electron chi connectivity index (χ3n) is 0.635. The fourth-order valence-corrected chi connectivity index (χ4v) is 0.268. The van der Waals surface area contributed by atoms with Crippen molar-refractivity contribution in [3.63, 3.8) is 0 Å². The molecular weight excluding hydrogens is 130 g/mol. The van der Waals surface area contributed by atoms with E-state index < -0.39 is 11.3 Å². The summed E-state index contributed by atoms with van der Waals surface area (Å²) in [5.41, 5.74) is 2.36. The van der Waals surface area contributed by atoms with Gasteiger partial charge in [-0.15, -0.1) is 0 Å². The Labute approximate surface area is 52.9 Å². The van der Waals surface area contributed by atoms with Crippen LogP contribution < -0.4 is 5.48 Å². The molecule has 8 heavy (non-hydrogen) atoms. The molecule has 1 unspecified atom stereocenters. The van der Waals surface area contributed by atoms with Crippen molar-refractivity contribution in [1.82, 2.24) is 5.48 Å². The van der Waals surface area contributed by atoms with E-state index in [-0.39, 0.29) is 0 Å². The normalized spacial score (nSPS) is 13.4. The summed E-state index contributed by atoms with van der Waals surface area (Å²) in [4.78, 5) is 14.6. The third kappa shape index (κ3) is 2.96. The molecule has 0 aromatic rings. The molecule has 0 bridgehead atoms. The second-order valence-corrected chi connectivity index (χ2v) is 1.72. The number of hydroxylamine groups is 1. The minimum absolute atomic E-state index is 0.429. The maximum Gasteiger partial charge on any atom is 0.240 e. The molecule has 1 atom stereocenters. The fourth-order valence-electron chi connectivity index (χ4n) is 0.223. The first kappa shape index (κ1) is 7.88. The van der Waals surface area contributed by atoms with Gasteiger partial charge in [0.25, 0.3) is 0 Å². The van der Waals surface area contributed by atoms with Crippen molar-refractivity contribution in [2.24, 2.45) is 0 Å². The molecule has 0 rings (SSSR count). The van der Waals surface area contributed by atoms with Gasteiger partial charge in [0, 0.05) is 0 Å². The largest absolute Gasteiger partial charge is 0.304 e. The van der Waals surface area contributed by atoms with Gasteiger partial charge < -0.3 is 4.84 Å². The molecule has 0 heterocycles. The Hall–Kier alpha value is -0.120. The lowest BCUT2D eigenvalue weighted by molar-refractivity contribution is -0.116. The Morgan fingerprint density at radius 1 is 1.88 bits per heavy atom. The van der Waals surface area contributed by atoms with Crippen LogP contribution in [-0.2, 0) is 9.63 Å². The smallest absolute Gasteiger partial charge is 0.240 e. The van der Waals surface area contributed by atoms with E-state index in [0.717, 1.165) is 0 Å². The third-order valence-corrected chi connectivity index (χ3v) is 0.962. The van der Waals surface area contributed by atoms with Gasteiger partial charge in [-0.1, -0.05) is 0 Å². The predicted octanol–water partition coefficient (Wildman–Crippen LogP) is 0.291. The van der Waals surface area contributed by atoms with E-state index in [9.17, 15) is 4.79 Å². The van der Waals surface area contributed by atoms with Crippen molar-refractivity contribution < 1.29 is 9.63 Å². The highest BCUT2D eigenvalue weighted by atomic mass is 35.5. The summed E-state index contributed by atoms with van der Waals surface area (Å²) in [5, 5.41) is -0.452. The topological polar surface area (TPSA) is 38.3 Å². The molecule has 0 aliphatic rings. The van der Waals surface area contributed by atoms with Gasteiger partial charge >= 0.3 is 0 Å². The van der Waals surface area contributed by atoms with Crippen LogP contribution in [0.4, 0.5) is 0 Å². The average molecular weight is 138 g/mol. The van der Waals surface area contributed by atoms with Crippen molar-refractivity contribution in [2.75, 3.05) is 7.11 Å². The SMILES string of the molecule is CONC(C)C(=O)Cl. The Kier molecular flexibility index (Phi) is 3.77. The summed E-state index contributed by atoms with van der Waals surface area (Å²) >= 11 is 5.03. The van der Waals surface area contributed by atoms with Gasteiger partial charge in [0.15, 0.2) is 0 Å². The van der Waals surface area contributed by atoms with Gasteiger partial charge in [0.1, 0.15) is 6.04 Å². The fraction of sp³-hybridized carbons (Fsp3) is 0.750. The summed E-state index contributed by atoms with van der Waals surface area (Å²) in [6.45, 7) is 1.61. The van der Waals surface area contributed by atoms with Crippen molar-refractivity contribution in [1.29, 1.82) is 0 Å². The van der Waals surface area contributed by atoms with Gasteiger partial charge in [-0.05, 0) is 18.5 Å². The van der Waals surface area contributed by atoms with Gasteiger partial charge in [-0.25, -0.2) is 0 Å². The second-order valence-electron chi connectivity index (χ2n) is 1.35. The molecule has 4 heteroatoms. The van der Waals surface area contributed by atoms with E-state index in [0.29, 0.717) is 0 Å². The summed E-state index contributed by atoms with van der Waals surface area (Å²) in [7, 11) is 1.43. The summed E-state index contributed by atoms with van der Waals surface area (Å²) in [5.74, 6) is 0. The lowest BCUT2D eigenvalue weighted by Gasteiger charge is -2.03. The van der Waals surface area contributed by atoms with Crippen molar-refractivity contribution in [3.05, 3.63) is 0 Å². The van der Waals surface area contributed by atoms with Crippen LogP contribution in [0.5, 0.6) is 0 Å². The van der Waals surface area contributed by atoms with Crippen molar-refractivity contribution >= 4 is 16.8 Å². The van der Waals surface area contributed by atoms with Crippen LogP contribution in [0.15, 0.2) is 0 Å². The second kappa shape index (κ2) is 3.83. The number of carbonyl (C=O) groups is 1. The van der Waals surface area contributed by atoms with E-state index in [1.165, 1.54) is 7.11 Å². The van der Waals surface area contributed by atoms with Gasteiger partial charge in [-0.3, -0.25) is 4.79 Å². The first-order valence-electron chi connectivity index (χ1n) is 2.16. The summed E-state index contributed by atoms with van der Waals surface area (Å²) in [6, 6.07) is -0.429. The lowest BCUT2D eigenvalue weighted by atomic mass is 10.4. The van der Waals surface area contributed by atoms with Crippen LogP contribution in [-0.4, -0.2) is 18.4 Å². The van der Waals surface area contributed by atoms with Crippen LogP contribution in [0.2, 0.25) is 0 Å². The van der Waals surface area contributed by atoms with Crippen LogP contribution >= 0.6 is 11.6 Å². The van der Waals surface area contributed by atoms with Gasteiger partial charge in [0.05, 0.1) is 7.11 Å². The highest BCUT2D eigenvalue weighted by molar-refractivity contribution is 6.64. The van der Waals surface area contributed by atoms with Crippen molar-refractivity contribution in [3.8, 4) is 0 Å². The number of halogens is 1. The Bertz CT molecular complexity index is 86.1. The molecule has 0 aliphatic heterocycles. The molecule has 48 valence electrons. The average Bonchev–Trinajstić information content (AvgIpc) is 1.67. The molecule has 0 radical (unpaired) electrons. The summed E-state index contributed by atoms with van der Waals surface area (Å²) < 4.78 is 0. The van der Waals surface area contributed by atoms with E-state index in [1.54, 1.807) is 6.92 Å². The quantitative estimate of drug-likeness (QED) is 0.449. The maximum absolute atomic E-state index is 10.2. The first-order chi connectivity index (χ1) is 3.68. The standard InChI is InChI=1S/C4H8ClNO2/c1-3(4(5)7)6-8-2/h3,6H,1-2H3. The van der Waals surface area contributed by atoms with E-state index in [4.69, 9.17) is 11.6 Å². The molecular formula is C4H8ClNO2. The molecule has 0 amide bonds. The van der Waals surface area contributed by atoms with E-state index >= 15 is 0 Å². The predicted molar refractivity (Wildman–Crippen MR) is 30.5 cm³/mol. The molecule has 0 saturated carbocycles. The first-order valence-corrected chi connectivity index (χ1v) is 2.54.